The van der Waals surface area contributed by atoms with Crippen LogP contribution in [0, 0.1) is 5.41 Å². The van der Waals surface area contributed by atoms with Gasteiger partial charge in [0.15, 0.2) is 0 Å². The molecule has 2 atom stereocenters. The van der Waals surface area contributed by atoms with Gasteiger partial charge in [0, 0.05) is 28.6 Å². The van der Waals surface area contributed by atoms with Gasteiger partial charge in [0.05, 0.1) is 0 Å². The van der Waals surface area contributed by atoms with Gasteiger partial charge in [-0.1, -0.05) is 32.4 Å². The average Bonchev–Trinajstić information content (AvgIpc) is 2.37. The van der Waals surface area contributed by atoms with Gasteiger partial charge in [-0.15, -0.1) is 11.8 Å². The Bertz CT molecular complexity index is 458. The van der Waals surface area contributed by atoms with Crippen LogP contribution in [0.15, 0.2) is 23.1 Å². The van der Waals surface area contributed by atoms with Crippen molar-refractivity contribution in [2.24, 2.45) is 5.41 Å². The van der Waals surface area contributed by atoms with Crippen molar-refractivity contribution >= 4 is 23.4 Å². The lowest BCUT2D eigenvalue weighted by atomic mass is 9.84. The van der Waals surface area contributed by atoms with Gasteiger partial charge in [-0.2, -0.15) is 0 Å². The summed E-state index contributed by atoms with van der Waals surface area (Å²) in [7, 11) is 0. The Balaban J connectivity index is 2.20. The molecule has 0 saturated heterocycles. The molecule has 0 amide bonds. The molecule has 0 radical (unpaired) electrons. The molecule has 0 aromatic heterocycles. The number of hydrogen-bond acceptors (Lipinski definition) is 3. The summed E-state index contributed by atoms with van der Waals surface area (Å²) < 4.78 is 0. The van der Waals surface area contributed by atoms with E-state index in [1.54, 1.807) is 0 Å². The van der Waals surface area contributed by atoms with E-state index in [9.17, 15) is 5.11 Å². The number of fused-ring (bicyclic) bond motifs is 1. The fourth-order valence-corrected chi connectivity index (χ4v) is 3.96. The summed E-state index contributed by atoms with van der Waals surface area (Å²) in [5.74, 6) is 1.13. The maximum atomic E-state index is 9.30. The molecule has 4 heteroatoms. The molecule has 112 valence electrons. The van der Waals surface area contributed by atoms with Crippen molar-refractivity contribution < 1.29 is 5.11 Å². The third-order valence-electron chi connectivity index (χ3n) is 3.88. The molecule has 2 N–H and O–H groups in total. The van der Waals surface area contributed by atoms with Crippen LogP contribution in [0.25, 0.3) is 0 Å². The Morgan fingerprint density at radius 1 is 1.45 bits per heavy atom. The van der Waals surface area contributed by atoms with Crippen molar-refractivity contribution in [2.75, 3.05) is 12.4 Å². The largest absolute Gasteiger partial charge is 0.396 e. The fraction of sp³-hybridized carbons (Fsp3) is 0.625. The van der Waals surface area contributed by atoms with Gasteiger partial charge >= 0.3 is 0 Å². The molecule has 1 aromatic rings. The van der Waals surface area contributed by atoms with Crippen LogP contribution in [0.2, 0.25) is 5.02 Å². The monoisotopic (exact) mass is 313 g/mol. The predicted octanol–water partition coefficient (Wildman–Crippen LogP) is 4.26. The molecule has 20 heavy (non-hydrogen) atoms. The highest BCUT2D eigenvalue weighted by Gasteiger charge is 2.29. The molecule has 2 rings (SSSR count). The van der Waals surface area contributed by atoms with E-state index in [2.05, 4.69) is 38.2 Å². The van der Waals surface area contributed by atoms with Gasteiger partial charge < -0.3 is 10.4 Å². The Hall–Kier alpha value is -0.220. The number of aliphatic hydroxyl groups excluding tert-OH is 1. The molecule has 0 aliphatic carbocycles. The molecule has 0 saturated carbocycles. The van der Waals surface area contributed by atoms with Crippen LogP contribution in [0.3, 0.4) is 0 Å². The van der Waals surface area contributed by atoms with Crippen LogP contribution >= 0.6 is 23.4 Å². The molecule has 1 aliphatic heterocycles. The summed E-state index contributed by atoms with van der Waals surface area (Å²) in [4.78, 5) is 1.33. The van der Waals surface area contributed by atoms with Gasteiger partial charge in [0.1, 0.15) is 0 Å². The normalized spacial score (nSPS) is 20.6. The highest BCUT2D eigenvalue weighted by molar-refractivity contribution is 7.99. The molecule has 1 aromatic carbocycles. The van der Waals surface area contributed by atoms with E-state index in [0.29, 0.717) is 12.1 Å². The van der Waals surface area contributed by atoms with Crippen LogP contribution in [-0.4, -0.2) is 23.5 Å². The van der Waals surface area contributed by atoms with E-state index in [4.69, 9.17) is 11.6 Å². The fourth-order valence-electron chi connectivity index (χ4n) is 2.68. The molecule has 0 fully saturated rings. The van der Waals surface area contributed by atoms with Crippen molar-refractivity contribution in [1.82, 2.24) is 5.32 Å². The first-order chi connectivity index (χ1) is 9.41. The number of halogens is 1. The Kier molecular flexibility index (Phi) is 5.41. The average molecular weight is 314 g/mol. The number of rotatable bonds is 4. The second-order valence-corrected chi connectivity index (χ2v) is 8.04. The summed E-state index contributed by atoms with van der Waals surface area (Å²) in [5.41, 5.74) is 1.44. The summed E-state index contributed by atoms with van der Waals surface area (Å²) in [5, 5.41) is 13.9. The number of aliphatic hydroxyl groups is 1. The van der Waals surface area contributed by atoms with Crippen molar-refractivity contribution in [3.05, 3.63) is 28.8 Å². The molecular formula is C16H24ClNOS. The topological polar surface area (TPSA) is 32.3 Å². The zero-order valence-electron chi connectivity index (χ0n) is 12.4. The smallest absolute Gasteiger partial charge is 0.0446 e. The highest BCUT2D eigenvalue weighted by atomic mass is 35.5. The minimum absolute atomic E-state index is 0.131. The predicted molar refractivity (Wildman–Crippen MR) is 87.6 cm³/mol. The highest BCUT2D eigenvalue weighted by Crippen LogP contribution is 2.38. The Morgan fingerprint density at radius 3 is 2.85 bits per heavy atom. The van der Waals surface area contributed by atoms with Crippen LogP contribution < -0.4 is 5.32 Å². The summed E-state index contributed by atoms with van der Waals surface area (Å²) >= 11 is 8.05. The van der Waals surface area contributed by atoms with Crippen molar-refractivity contribution in [3.63, 3.8) is 0 Å². The standard InChI is InChI=1S/C16H24ClNOS/c1-16(2,3)15(6-8-19)18-13-7-9-20-14-5-4-11(17)10-12(13)14/h4-5,10,13,15,18-19H,6-9H2,1-3H3. The van der Waals surface area contributed by atoms with E-state index in [1.165, 1.54) is 10.5 Å². The SMILES string of the molecule is CC(C)(C)C(CCO)NC1CCSc2ccc(Cl)cc21. The molecule has 2 nitrogen and oxygen atoms in total. The van der Waals surface area contributed by atoms with Gasteiger partial charge in [0.25, 0.3) is 0 Å². The van der Waals surface area contributed by atoms with Gasteiger partial charge in [0.2, 0.25) is 0 Å². The Labute approximate surface area is 131 Å². The van der Waals surface area contributed by atoms with Crippen LogP contribution in [0.5, 0.6) is 0 Å². The molecule has 1 heterocycles. The zero-order chi connectivity index (χ0) is 14.8. The van der Waals surface area contributed by atoms with E-state index < -0.39 is 0 Å². The van der Waals surface area contributed by atoms with Crippen LogP contribution in [0.4, 0.5) is 0 Å². The summed E-state index contributed by atoms with van der Waals surface area (Å²) in [6, 6.07) is 6.80. The second-order valence-electron chi connectivity index (χ2n) is 6.47. The molecule has 2 unspecified atom stereocenters. The number of thioether (sulfide) groups is 1. The van der Waals surface area contributed by atoms with Gasteiger partial charge in [-0.3, -0.25) is 0 Å². The summed E-state index contributed by atoms with van der Waals surface area (Å²) in [6.07, 6.45) is 1.89. The molecule has 1 aliphatic rings. The lowest BCUT2D eigenvalue weighted by molar-refractivity contribution is 0.183. The summed E-state index contributed by atoms with van der Waals surface area (Å²) in [6.45, 7) is 6.88. The third kappa shape index (κ3) is 3.91. The zero-order valence-corrected chi connectivity index (χ0v) is 14.0. The van der Waals surface area contributed by atoms with Crippen LogP contribution in [0.1, 0.15) is 45.2 Å². The maximum Gasteiger partial charge on any atom is 0.0446 e. The van der Waals surface area contributed by atoms with E-state index >= 15 is 0 Å². The quantitative estimate of drug-likeness (QED) is 0.871. The number of hydrogen-bond donors (Lipinski definition) is 2. The van der Waals surface area contributed by atoms with Gasteiger partial charge in [-0.25, -0.2) is 0 Å². The van der Waals surface area contributed by atoms with Crippen molar-refractivity contribution in [3.8, 4) is 0 Å². The number of benzene rings is 1. The molecule has 0 spiro atoms. The van der Waals surface area contributed by atoms with Crippen LogP contribution in [-0.2, 0) is 0 Å². The van der Waals surface area contributed by atoms with E-state index in [1.807, 2.05) is 17.8 Å². The minimum atomic E-state index is 0.131. The van der Waals surface area contributed by atoms with E-state index in [-0.39, 0.29) is 12.0 Å². The first-order valence-corrected chi connectivity index (χ1v) is 8.57. The first-order valence-electron chi connectivity index (χ1n) is 7.21. The molecular weight excluding hydrogens is 290 g/mol. The lowest BCUT2D eigenvalue weighted by Gasteiger charge is -2.37. The third-order valence-corrected chi connectivity index (χ3v) is 5.23. The molecule has 0 bridgehead atoms. The minimum Gasteiger partial charge on any atom is -0.396 e. The van der Waals surface area contributed by atoms with Crippen molar-refractivity contribution in [1.29, 1.82) is 0 Å². The van der Waals surface area contributed by atoms with Gasteiger partial charge in [-0.05, 0) is 47.8 Å². The maximum absolute atomic E-state index is 9.30. The first kappa shape index (κ1) is 16.2. The Morgan fingerprint density at radius 2 is 2.20 bits per heavy atom. The van der Waals surface area contributed by atoms with E-state index in [0.717, 1.165) is 23.6 Å². The number of nitrogens with one attached hydrogen (secondary N) is 1. The lowest BCUT2D eigenvalue weighted by Crippen LogP contribution is -2.43. The van der Waals surface area contributed by atoms with Crippen molar-refractivity contribution in [2.45, 2.75) is 50.6 Å². The second kappa shape index (κ2) is 6.69.